The Hall–Kier alpha value is -1.64. The van der Waals surface area contributed by atoms with Gasteiger partial charge in [0.1, 0.15) is 17.1 Å². The zero-order valence-electron chi connectivity index (χ0n) is 12.4. The third-order valence-electron chi connectivity index (χ3n) is 4.08. The number of hydrogen-bond acceptors (Lipinski definition) is 3. The predicted molar refractivity (Wildman–Crippen MR) is 78.1 cm³/mol. The van der Waals surface area contributed by atoms with Gasteiger partial charge in [-0.15, -0.1) is 0 Å². The van der Waals surface area contributed by atoms with E-state index in [1.54, 1.807) is 6.92 Å². The summed E-state index contributed by atoms with van der Waals surface area (Å²) in [6.07, 6.45) is 2.76. The zero-order chi connectivity index (χ0) is 14.8. The van der Waals surface area contributed by atoms with Crippen LogP contribution in [-0.4, -0.2) is 17.2 Å². The first-order chi connectivity index (χ1) is 9.48. The van der Waals surface area contributed by atoms with Crippen LogP contribution in [0.1, 0.15) is 56.8 Å². The molecule has 2 unspecified atom stereocenters. The van der Waals surface area contributed by atoms with Crippen LogP contribution in [-0.2, 0) is 4.79 Å². The van der Waals surface area contributed by atoms with Gasteiger partial charge in [-0.2, -0.15) is 0 Å². The summed E-state index contributed by atoms with van der Waals surface area (Å²) in [5.74, 6) is 0.674. The van der Waals surface area contributed by atoms with Crippen molar-refractivity contribution in [3.8, 4) is 5.75 Å². The van der Waals surface area contributed by atoms with Crippen LogP contribution in [0.2, 0.25) is 0 Å². The molecule has 0 aromatic heterocycles. The van der Waals surface area contributed by atoms with Gasteiger partial charge in [-0.3, -0.25) is 4.79 Å². The molecule has 1 aromatic rings. The molecule has 0 bridgehead atoms. The van der Waals surface area contributed by atoms with Gasteiger partial charge in [0, 0.05) is 6.42 Å². The molecular weight excluding hydrogens is 252 g/mol. The van der Waals surface area contributed by atoms with Crippen LogP contribution in [0.15, 0.2) is 24.3 Å². The van der Waals surface area contributed by atoms with Crippen molar-refractivity contribution in [2.45, 2.75) is 52.1 Å². The molecule has 20 heavy (non-hydrogen) atoms. The van der Waals surface area contributed by atoms with Gasteiger partial charge in [-0.1, -0.05) is 25.5 Å². The lowest BCUT2D eigenvalue weighted by Crippen LogP contribution is -2.48. The number of carbonyl (C=O) groups excluding carboxylic acids is 2. The number of fused-ring (bicyclic) bond motifs is 1. The van der Waals surface area contributed by atoms with Gasteiger partial charge in [0.05, 0.1) is 11.5 Å². The second kappa shape index (κ2) is 5.78. The van der Waals surface area contributed by atoms with Gasteiger partial charge in [0.15, 0.2) is 5.78 Å². The fourth-order valence-corrected chi connectivity index (χ4v) is 3.05. The Morgan fingerprint density at radius 3 is 2.70 bits per heavy atom. The number of carbonyl (C=O) groups is 2. The van der Waals surface area contributed by atoms with Crippen LogP contribution >= 0.6 is 0 Å². The normalized spacial score (nSPS) is 24.9. The summed E-state index contributed by atoms with van der Waals surface area (Å²) in [6.45, 7) is 5.65. The summed E-state index contributed by atoms with van der Waals surface area (Å²) in [5.41, 5.74) is 0.143. The summed E-state index contributed by atoms with van der Waals surface area (Å²) in [4.78, 5) is 24.0. The van der Waals surface area contributed by atoms with E-state index in [4.69, 9.17) is 4.74 Å². The molecule has 0 saturated carbocycles. The summed E-state index contributed by atoms with van der Waals surface area (Å²) in [7, 11) is 0. The molecule has 0 fully saturated rings. The first kappa shape index (κ1) is 14.8. The number of Topliss-reactive ketones (excluding diaryl/α,β-unsaturated/α-hetero) is 2. The molecule has 2 atom stereocenters. The molecule has 108 valence electrons. The van der Waals surface area contributed by atoms with Crippen LogP contribution in [0.3, 0.4) is 0 Å². The average molecular weight is 274 g/mol. The highest BCUT2D eigenvalue weighted by molar-refractivity contribution is 6.02. The van der Waals surface area contributed by atoms with Crippen molar-refractivity contribution < 1.29 is 14.3 Å². The number of rotatable bonds is 5. The van der Waals surface area contributed by atoms with Crippen molar-refractivity contribution in [1.29, 1.82) is 0 Å². The first-order valence-electron chi connectivity index (χ1n) is 7.29. The number of hydrogen-bond donors (Lipinski definition) is 0. The minimum absolute atomic E-state index is 0.115. The summed E-state index contributed by atoms with van der Waals surface area (Å²) in [5, 5.41) is 0. The van der Waals surface area contributed by atoms with Crippen LogP contribution in [0.5, 0.6) is 5.75 Å². The fourth-order valence-electron chi connectivity index (χ4n) is 3.05. The summed E-state index contributed by atoms with van der Waals surface area (Å²) in [6, 6.07) is 7.39. The molecule has 2 rings (SSSR count). The highest BCUT2D eigenvalue weighted by Crippen LogP contribution is 2.41. The van der Waals surface area contributed by atoms with E-state index in [2.05, 4.69) is 6.92 Å². The molecule has 1 aliphatic rings. The molecule has 0 saturated heterocycles. The minimum Gasteiger partial charge on any atom is -0.486 e. The Bertz CT molecular complexity index is 521. The van der Waals surface area contributed by atoms with Crippen molar-refractivity contribution in [3.05, 3.63) is 29.8 Å². The largest absolute Gasteiger partial charge is 0.486 e. The van der Waals surface area contributed by atoms with E-state index in [0.29, 0.717) is 24.2 Å². The number of ether oxygens (including phenoxy) is 1. The van der Waals surface area contributed by atoms with E-state index in [1.165, 1.54) is 0 Å². The maximum absolute atomic E-state index is 12.7. The van der Waals surface area contributed by atoms with Crippen LogP contribution in [0.4, 0.5) is 0 Å². The lowest BCUT2D eigenvalue weighted by Gasteiger charge is -2.41. The molecule has 3 heteroatoms. The second-order valence-corrected chi connectivity index (χ2v) is 5.82. The van der Waals surface area contributed by atoms with Crippen molar-refractivity contribution >= 4 is 11.6 Å². The Morgan fingerprint density at radius 2 is 2.05 bits per heavy atom. The van der Waals surface area contributed by atoms with E-state index in [0.717, 1.165) is 12.8 Å². The quantitative estimate of drug-likeness (QED) is 0.820. The van der Waals surface area contributed by atoms with Gasteiger partial charge in [-0.25, -0.2) is 0 Å². The second-order valence-electron chi connectivity index (χ2n) is 5.82. The first-order valence-corrected chi connectivity index (χ1v) is 7.29. The lowest BCUT2D eigenvalue weighted by atomic mass is 9.75. The molecule has 0 amide bonds. The number of benzene rings is 1. The Morgan fingerprint density at radius 1 is 1.35 bits per heavy atom. The van der Waals surface area contributed by atoms with E-state index in [-0.39, 0.29) is 17.5 Å². The van der Waals surface area contributed by atoms with E-state index >= 15 is 0 Å². The molecule has 3 nitrogen and oxygen atoms in total. The topological polar surface area (TPSA) is 43.4 Å². The molecule has 1 aliphatic heterocycles. The standard InChI is InChI=1S/C17H22O3/c1-4-11-17(3)14(10-9-12(2)18)16(19)13-7-5-6-8-15(13)20-17/h5-8,14H,4,9-11H2,1-3H3. The zero-order valence-corrected chi connectivity index (χ0v) is 12.4. The molecule has 1 aromatic carbocycles. The van der Waals surface area contributed by atoms with Crippen molar-refractivity contribution in [2.75, 3.05) is 0 Å². The maximum Gasteiger partial charge on any atom is 0.173 e. The summed E-state index contributed by atoms with van der Waals surface area (Å²) >= 11 is 0. The fraction of sp³-hybridized carbons (Fsp3) is 0.529. The van der Waals surface area contributed by atoms with Crippen molar-refractivity contribution in [2.24, 2.45) is 5.92 Å². The van der Waals surface area contributed by atoms with Gasteiger partial charge in [0.2, 0.25) is 0 Å². The smallest absolute Gasteiger partial charge is 0.173 e. The Labute approximate surface area is 120 Å². The molecule has 0 spiro atoms. The third-order valence-corrected chi connectivity index (χ3v) is 4.08. The Balaban J connectivity index is 2.35. The third kappa shape index (κ3) is 2.77. The molecular formula is C17H22O3. The predicted octanol–water partition coefficient (Wildman–Crippen LogP) is 3.81. The van der Waals surface area contributed by atoms with Crippen LogP contribution in [0.25, 0.3) is 0 Å². The van der Waals surface area contributed by atoms with Crippen molar-refractivity contribution in [1.82, 2.24) is 0 Å². The van der Waals surface area contributed by atoms with Gasteiger partial charge in [0.25, 0.3) is 0 Å². The molecule has 1 heterocycles. The minimum atomic E-state index is -0.504. The van der Waals surface area contributed by atoms with E-state index < -0.39 is 5.60 Å². The Kier molecular flexibility index (Phi) is 4.26. The van der Waals surface area contributed by atoms with E-state index in [1.807, 2.05) is 31.2 Å². The van der Waals surface area contributed by atoms with Crippen LogP contribution < -0.4 is 4.74 Å². The van der Waals surface area contributed by atoms with Gasteiger partial charge < -0.3 is 9.53 Å². The highest BCUT2D eigenvalue weighted by atomic mass is 16.5. The molecule has 0 N–H and O–H groups in total. The monoisotopic (exact) mass is 274 g/mol. The molecule has 0 aliphatic carbocycles. The molecule has 0 radical (unpaired) electrons. The maximum atomic E-state index is 12.7. The summed E-state index contributed by atoms with van der Waals surface area (Å²) < 4.78 is 6.14. The van der Waals surface area contributed by atoms with Gasteiger partial charge in [-0.05, 0) is 38.8 Å². The van der Waals surface area contributed by atoms with Crippen molar-refractivity contribution in [3.63, 3.8) is 0 Å². The van der Waals surface area contributed by atoms with E-state index in [9.17, 15) is 9.59 Å². The lowest BCUT2D eigenvalue weighted by molar-refractivity contribution is -0.117. The van der Waals surface area contributed by atoms with Gasteiger partial charge >= 0.3 is 0 Å². The van der Waals surface area contributed by atoms with Crippen LogP contribution in [0, 0.1) is 5.92 Å². The average Bonchev–Trinajstić information content (AvgIpc) is 2.38. The number of para-hydroxylation sites is 1. The number of ketones is 2. The SMILES string of the molecule is CCCC1(C)Oc2ccccc2C(=O)C1CCC(C)=O. The highest BCUT2D eigenvalue weighted by Gasteiger charge is 2.45.